The van der Waals surface area contributed by atoms with Gasteiger partial charge in [-0.05, 0) is 77.0 Å². The molecule has 0 aliphatic rings. The van der Waals surface area contributed by atoms with Gasteiger partial charge in [0.25, 0.3) is 0 Å². The van der Waals surface area contributed by atoms with E-state index >= 15 is 0 Å². The Labute approximate surface area is 633 Å². The quantitative estimate of drug-likeness (QED) is 0.0258. The second kappa shape index (κ2) is 63.9. The van der Waals surface area contributed by atoms with Crippen molar-refractivity contribution in [3.8, 4) is 0 Å². The van der Waals surface area contributed by atoms with Crippen molar-refractivity contribution in [2.75, 3.05) is 185 Å². The molecule has 0 aromatic carbocycles. The highest BCUT2D eigenvalue weighted by atomic mass is 28.3. The van der Waals surface area contributed by atoms with Crippen molar-refractivity contribution in [2.45, 2.75) is 270 Å². The highest BCUT2D eigenvalue weighted by Crippen LogP contribution is 2.19. The molecular formula is C74H152N6O20Si4. The first-order chi connectivity index (χ1) is 50.0. The molecule has 0 spiro atoms. The molecule has 0 fully saturated rings. The van der Waals surface area contributed by atoms with E-state index in [2.05, 4.69) is 117 Å². The van der Waals surface area contributed by atoms with E-state index < -0.39 is 62.8 Å². The molecule has 0 aliphatic carbocycles. The van der Waals surface area contributed by atoms with Crippen LogP contribution in [0.15, 0.2) is 12.4 Å². The minimum atomic E-state index is -1.14. The van der Waals surface area contributed by atoms with Crippen molar-refractivity contribution in [3.05, 3.63) is 23.8 Å². The molecule has 2 rings (SSSR count). The Morgan fingerprint density at radius 3 is 0.750 bits per heavy atom. The summed E-state index contributed by atoms with van der Waals surface area (Å²) in [7, 11) is -4.55. The summed E-state index contributed by atoms with van der Waals surface area (Å²) in [6.45, 7) is 48.3. The molecule has 0 radical (unpaired) electrons. The number of unbranched alkanes of at least 4 members (excludes halogenated alkanes) is 5. The monoisotopic (exact) mass is 1560 g/mol. The van der Waals surface area contributed by atoms with Gasteiger partial charge in [0.05, 0.1) is 144 Å². The lowest BCUT2D eigenvalue weighted by atomic mass is 10.1. The Hall–Kier alpha value is -1.65. The van der Waals surface area contributed by atoms with E-state index in [-0.39, 0.29) is 58.9 Å². The van der Waals surface area contributed by atoms with E-state index in [9.17, 15) is 0 Å². The Morgan fingerprint density at radius 1 is 0.269 bits per heavy atom. The van der Waals surface area contributed by atoms with Gasteiger partial charge in [-0.3, -0.25) is 0 Å². The van der Waals surface area contributed by atoms with Gasteiger partial charge in [0, 0.05) is 71.1 Å². The van der Waals surface area contributed by atoms with Crippen LogP contribution >= 0.6 is 0 Å². The fourth-order valence-electron chi connectivity index (χ4n) is 9.89. The van der Waals surface area contributed by atoms with Gasteiger partial charge < -0.3 is 56.8 Å². The van der Waals surface area contributed by atoms with Crippen molar-refractivity contribution in [1.29, 1.82) is 0 Å². The highest BCUT2D eigenvalue weighted by molar-refractivity contribution is 6.77. The number of hydrogen-bond acceptors (Lipinski definition) is 24. The lowest BCUT2D eigenvalue weighted by Crippen LogP contribution is -2.34. The van der Waals surface area contributed by atoms with Crippen LogP contribution in [-0.4, -0.2) is 272 Å². The zero-order chi connectivity index (χ0) is 76.1. The van der Waals surface area contributed by atoms with E-state index in [1.54, 1.807) is 4.68 Å². The van der Waals surface area contributed by atoms with Crippen LogP contribution in [0.1, 0.15) is 141 Å². The highest BCUT2D eigenvalue weighted by Gasteiger charge is 2.25. The molecule has 30 heteroatoms. The van der Waals surface area contributed by atoms with Crippen molar-refractivity contribution < 1.29 is 95.9 Å². The molecule has 0 atom stereocenters. The van der Waals surface area contributed by atoms with E-state index in [4.69, 9.17) is 106 Å². The van der Waals surface area contributed by atoms with Crippen molar-refractivity contribution in [2.24, 2.45) is 0 Å². The Bertz CT molecular complexity index is 2010. The first-order valence-electron chi connectivity index (χ1n) is 39.9. The van der Waals surface area contributed by atoms with E-state index in [1.807, 2.05) is 17.1 Å². The molecule has 0 amide bonds. The fraction of sp³-hybridized carbons (Fsp3) is 0.946. The maximum atomic E-state index is 6.77. The lowest BCUT2D eigenvalue weighted by Gasteiger charge is -2.25. The smallest absolute Gasteiger partial charge is 0.111 e. The van der Waals surface area contributed by atoms with Crippen LogP contribution < -0.4 is 0 Å². The van der Waals surface area contributed by atoms with E-state index in [1.165, 1.54) is 24.2 Å². The summed E-state index contributed by atoms with van der Waals surface area (Å²) < 4.78 is 79.1. The number of nitrogens with zero attached hydrogens (tertiary/aromatic N) is 6. The molecule has 26 nitrogen and oxygen atoms in total. The maximum Gasteiger partial charge on any atom is 0.111 e. The molecule has 0 bridgehead atoms. The van der Waals surface area contributed by atoms with Crippen LogP contribution in [0.4, 0.5) is 0 Å². The summed E-state index contributed by atoms with van der Waals surface area (Å²) >= 11 is 0. The Balaban J connectivity index is 2.40. The molecular weight excluding hydrogens is 1410 g/mol. The SMILES string of the molecule is CCCCOOCC(COOCCCC)OCC(COC(COOCCCC)COOCCCC)n1cc(CCCCc2cn(C(COC(COCCOCCC[Si](C)(C)C)COCCOCCC[Si](C)(C)C)COC(COCCOCCC[Si](C)(C)C)COCCOCCC[Si](C)(C)C)nn2)nn1. The molecule has 0 saturated heterocycles. The number of rotatable bonds is 79. The third kappa shape index (κ3) is 61.1. The lowest BCUT2D eigenvalue weighted by molar-refractivity contribution is -0.338. The third-order valence-corrected chi connectivity index (χ3v) is 23.7. The average Bonchev–Trinajstić information content (AvgIpc) is 1.73. The molecule has 0 aliphatic heterocycles. The topological polar surface area (TPSA) is 246 Å². The van der Waals surface area contributed by atoms with E-state index in [0.717, 1.165) is 128 Å². The van der Waals surface area contributed by atoms with Gasteiger partial charge in [-0.25, -0.2) is 48.5 Å². The molecule has 0 saturated carbocycles. The second-order valence-electron chi connectivity index (χ2n) is 32.0. The van der Waals surface area contributed by atoms with Crippen LogP contribution in [0, 0.1) is 0 Å². The van der Waals surface area contributed by atoms with Gasteiger partial charge >= 0.3 is 0 Å². The van der Waals surface area contributed by atoms with Crippen molar-refractivity contribution in [1.82, 2.24) is 30.0 Å². The maximum absolute atomic E-state index is 6.77. The van der Waals surface area contributed by atoms with Gasteiger partial charge in [0.1, 0.15) is 62.9 Å². The minimum Gasteiger partial charge on any atom is -0.379 e. The summed E-state index contributed by atoms with van der Waals surface area (Å²) in [6, 6.07) is 4.11. The van der Waals surface area contributed by atoms with Crippen molar-refractivity contribution in [3.63, 3.8) is 0 Å². The van der Waals surface area contributed by atoms with Crippen molar-refractivity contribution >= 4 is 32.3 Å². The molecule has 0 N–H and O–H groups in total. The predicted octanol–water partition coefficient (Wildman–Crippen LogP) is 14.1. The first kappa shape index (κ1) is 98.4. The minimum absolute atomic E-state index is 0.120. The van der Waals surface area contributed by atoms with Crippen LogP contribution in [0.5, 0.6) is 0 Å². The predicted molar refractivity (Wildman–Crippen MR) is 419 cm³/mol. The molecule has 104 heavy (non-hydrogen) atoms. The summed E-state index contributed by atoms with van der Waals surface area (Å²) in [6.07, 6.45) is 16.7. The number of hydrogen-bond donors (Lipinski definition) is 0. The van der Waals surface area contributed by atoms with Gasteiger partial charge in [-0.2, -0.15) is 0 Å². The fourth-order valence-corrected chi connectivity index (χ4v) is 14.7. The zero-order valence-corrected chi connectivity index (χ0v) is 72.4. The zero-order valence-electron chi connectivity index (χ0n) is 68.4. The standard InChI is InChI=1S/C74H152N6O20Si4/c1-17-21-37-93-97-63-73(64-98-94-38-22-18-2)91-57-70(58-92-74(65-99-95-39-23-19-3)66-100-96-40-24-20-4)80-54-68(76-78-80)32-26-25-31-67-53-79(77-75-67)69(55-89-71(59-85-45-41-81-33-27-49-101(5,6)7)60-86-46-42-82-34-28-50-102(8,9)10)56-90-72(61-87-47-43-83-35-29-51-103(11,12)13)62-88-48-44-84-36-30-52-104(14,15)16/h53-54,69-74H,17-52,55-66H2,1-16H3. The molecule has 0 unspecified atom stereocenters. The van der Waals surface area contributed by atoms with Gasteiger partial charge in [-0.1, -0.05) is 167 Å². The summed E-state index contributed by atoms with van der Waals surface area (Å²) in [5.74, 6) is 0. The number of aromatic nitrogens is 6. The average molecular weight is 1560 g/mol. The Kier molecular flexibility index (Phi) is 60.5. The first-order valence-corrected chi connectivity index (χ1v) is 54.7. The van der Waals surface area contributed by atoms with Crippen LogP contribution in [0.25, 0.3) is 0 Å². The summed E-state index contributed by atoms with van der Waals surface area (Å²) in [5, 5.41) is 18.7. The molecule has 2 aromatic heterocycles. The van der Waals surface area contributed by atoms with Crippen LogP contribution in [0.2, 0.25) is 103 Å². The van der Waals surface area contributed by atoms with Crippen LogP contribution in [0.3, 0.4) is 0 Å². The number of ether oxygens (including phenoxy) is 12. The number of aryl methyl sites for hydroxylation is 2. The van der Waals surface area contributed by atoms with Crippen LogP contribution in [-0.2, 0) is 109 Å². The van der Waals surface area contributed by atoms with E-state index in [0.29, 0.717) is 119 Å². The van der Waals surface area contributed by atoms with Gasteiger partial charge in [-0.15, -0.1) is 10.2 Å². The normalized spacial score (nSPS) is 12.9. The third-order valence-electron chi connectivity index (χ3n) is 16.3. The molecule has 614 valence electrons. The largest absolute Gasteiger partial charge is 0.379 e. The molecule has 2 aromatic rings. The summed E-state index contributed by atoms with van der Waals surface area (Å²) in [4.78, 5) is 44.2. The summed E-state index contributed by atoms with van der Waals surface area (Å²) in [5.41, 5.74) is 1.66. The Morgan fingerprint density at radius 2 is 0.510 bits per heavy atom. The van der Waals surface area contributed by atoms with Gasteiger partial charge in [0.15, 0.2) is 0 Å². The second-order valence-corrected chi connectivity index (χ2v) is 54.4. The van der Waals surface area contributed by atoms with Gasteiger partial charge in [0.2, 0.25) is 0 Å². The molecule has 2 heterocycles.